The summed E-state index contributed by atoms with van der Waals surface area (Å²) in [5, 5.41) is 15.2. The van der Waals surface area contributed by atoms with Crippen molar-refractivity contribution in [2.75, 3.05) is 25.0 Å². The molecule has 1 aromatic rings. The first kappa shape index (κ1) is 36.4. The fourth-order valence-electron chi connectivity index (χ4n) is 5.71. The number of piperidine rings is 1. The van der Waals surface area contributed by atoms with Crippen molar-refractivity contribution in [3.63, 3.8) is 0 Å². The first-order valence-corrected chi connectivity index (χ1v) is 16.1. The van der Waals surface area contributed by atoms with Gasteiger partial charge in [0.05, 0.1) is 11.8 Å². The molecule has 0 bridgehead atoms. The van der Waals surface area contributed by atoms with Gasteiger partial charge in [-0.15, -0.1) is 0 Å². The normalized spacial score (nSPS) is 17.8. The molecular formula is C34H47N3O9. The second-order valence-electron chi connectivity index (χ2n) is 12.6. The number of carbonyl (C=O) groups is 6. The monoisotopic (exact) mass is 641 g/mol. The Balaban J connectivity index is 1.76. The Hall–Kier alpha value is -4.06. The summed E-state index contributed by atoms with van der Waals surface area (Å²) >= 11 is 0. The summed E-state index contributed by atoms with van der Waals surface area (Å²) in [7, 11) is 0. The Labute approximate surface area is 270 Å². The van der Waals surface area contributed by atoms with Crippen LogP contribution in [0.25, 0.3) is 0 Å². The number of hydrogen-bond acceptors (Lipinski definition) is 9. The van der Waals surface area contributed by atoms with Crippen molar-refractivity contribution < 1.29 is 43.3 Å². The van der Waals surface area contributed by atoms with E-state index in [0.29, 0.717) is 49.5 Å². The Morgan fingerprint density at radius 2 is 1.76 bits per heavy atom. The molecule has 2 fully saturated rings. The lowest BCUT2D eigenvalue weighted by Gasteiger charge is -2.36. The van der Waals surface area contributed by atoms with Gasteiger partial charge in [-0.1, -0.05) is 38.0 Å². The van der Waals surface area contributed by atoms with Crippen LogP contribution in [0.15, 0.2) is 36.9 Å². The lowest BCUT2D eigenvalue weighted by atomic mass is 9.87. The van der Waals surface area contributed by atoms with Gasteiger partial charge in [0.2, 0.25) is 11.7 Å². The molecule has 0 aromatic heterocycles. The summed E-state index contributed by atoms with van der Waals surface area (Å²) in [6.45, 7) is 6.80. The van der Waals surface area contributed by atoms with Crippen LogP contribution in [0, 0.1) is 5.41 Å². The predicted molar refractivity (Wildman–Crippen MR) is 170 cm³/mol. The van der Waals surface area contributed by atoms with Gasteiger partial charge in [-0.2, -0.15) is 0 Å². The topological polar surface area (TPSA) is 168 Å². The van der Waals surface area contributed by atoms with E-state index in [0.717, 1.165) is 31.8 Å². The molecule has 0 radical (unpaired) electrons. The van der Waals surface area contributed by atoms with Gasteiger partial charge in [0.15, 0.2) is 0 Å². The molecule has 12 heteroatoms. The number of nitrogens with zero attached hydrogens (tertiary/aromatic N) is 1. The van der Waals surface area contributed by atoms with Crippen LogP contribution in [0.4, 0.5) is 5.69 Å². The molecule has 2 amide bonds. The molecule has 3 rings (SSSR count). The minimum Gasteiger partial charge on any atom is -0.481 e. The molecular weight excluding hydrogens is 594 g/mol. The van der Waals surface area contributed by atoms with Gasteiger partial charge in [-0.05, 0) is 70.2 Å². The Morgan fingerprint density at radius 3 is 2.46 bits per heavy atom. The zero-order valence-corrected chi connectivity index (χ0v) is 26.9. The highest BCUT2D eigenvalue weighted by atomic mass is 16.5. The quantitative estimate of drug-likeness (QED) is 0.136. The number of carbonyl (C=O) groups excluding carboxylic acids is 5. The number of aliphatic carboxylic acids is 1. The number of carboxylic acid groups (broad SMARTS) is 1. The second kappa shape index (κ2) is 17.6. The van der Waals surface area contributed by atoms with E-state index in [1.54, 1.807) is 24.3 Å². The summed E-state index contributed by atoms with van der Waals surface area (Å²) in [6.07, 6.45) is 7.54. The van der Waals surface area contributed by atoms with E-state index in [2.05, 4.69) is 17.2 Å². The second-order valence-corrected chi connectivity index (χ2v) is 12.6. The van der Waals surface area contributed by atoms with Crippen molar-refractivity contribution in [1.29, 1.82) is 0 Å². The summed E-state index contributed by atoms with van der Waals surface area (Å²) in [6, 6.07) is 6.28. The highest BCUT2D eigenvalue weighted by molar-refractivity contribution is 6.38. The number of anilines is 1. The van der Waals surface area contributed by atoms with Gasteiger partial charge in [0.1, 0.15) is 18.8 Å². The third-order valence-corrected chi connectivity index (χ3v) is 8.40. The van der Waals surface area contributed by atoms with E-state index in [-0.39, 0.29) is 26.0 Å². The third-order valence-electron chi connectivity index (χ3n) is 8.40. The molecule has 2 aliphatic rings. The Morgan fingerprint density at radius 1 is 1.04 bits per heavy atom. The van der Waals surface area contributed by atoms with Crippen LogP contribution in [-0.2, 0) is 38.2 Å². The molecule has 0 spiro atoms. The van der Waals surface area contributed by atoms with Crippen molar-refractivity contribution in [1.82, 2.24) is 10.2 Å². The third kappa shape index (κ3) is 11.1. The Bertz CT molecular complexity index is 1270. The number of hydrogen-bond donors (Lipinski definition) is 3. The summed E-state index contributed by atoms with van der Waals surface area (Å²) in [5.74, 6) is -4.46. The minimum absolute atomic E-state index is 0.180. The number of nitrogens with one attached hydrogen (secondary N) is 2. The maximum Gasteiger partial charge on any atom is 0.330 e. The van der Waals surface area contributed by atoms with Crippen molar-refractivity contribution in [3.05, 3.63) is 42.5 Å². The number of likely N-dealkylation sites (tertiary alicyclic amines) is 1. The molecule has 12 nitrogen and oxygen atoms in total. The minimum atomic E-state index is -1.32. The van der Waals surface area contributed by atoms with Crippen molar-refractivity contribution in [2.24, 2.45) is 5.41 Å². The fraction of sp³-hybridized carbons (Fsp3) is 0.588. The maximum absolute atomic E-state index is 13.7. The molecule has 46 heavy (non-hydrogen) atoms. The first-order valence-electron chi connectivity index (χ1n) is 16.1. The largest absolute Gasteiger partial charge is 0.481 e. The molecule has 1 saturated carbocycles. The number of rotatable bonds is 16. The number of ether oxygens (including phenoxy) is 2. The van der Waals surface area contributed by atoms with Crippen LogP contribution in [-0.4, -0.2) is 77.3 Å². The van der Waals surface area contributed by atoms with Crippen LogP contribution < -0.4 is 10.6 Å². The number of ketones is 1. The van der Waals surface area contributed by atoms with Crippen LogP contribution >= 0.6 is 0 Å². The molecule has 1 aliphatic heterocycles. The van der Waals surface area contributed by atoms with E-state index in [1.807, 2.05) is 0 Å². The molecule has 1 saturated heterocycles. The number of amides is 2. The number of esters is 2. The number of carboxylic acids is 1. The van der Waals surface area contributed by atoms with E-state index in [4.69, 9.17) is 14.6 Å². The molecule has 252 valence electrons. The van der Waals surface area contributed by atoms with E-state index in [9.17, 15) is 28.8 Å². The number of benzene rings is 1. The SMILES string of the molecule is C=CC(=O)OCC(C)(C)C(=O)C(=O)N1CCCC[C@H]1C(=O)O[C@H](CCNC1CCCCC1)c1cccc(NC(=O)CCC(=O)O)c1. The van der Waals surface area contributed by atoms with Gasteiger partial charge < -0.3 is 30.1 Å². The zero-order chi connectivity index (χ0) is 33.7. The molecule has 1 heterocycles. The van der Waals surface area contributed by atoms with Gasteiger partial charge in [-0.3, -0.25) is 19.2 Å². The van der Waals surface area contributed by atoms with Gasteiger partial charge in [0.25, 0.3) is 5.91 Å². The smallest absolute Gasteiger partial charge is 0.330 e. The van der Waals surface area contributed by atoms with Gasteiger partial charge in [0, 0.05) is 37.2 Å². The fourth-order valence-corrected chi connectivity index (χ4v) is 5.71. The zero-order valence-electron chi connectivity index (χ0n) is 26.9. The van der Waals surface area contributed by atoms with Gasteiger partial charge in [-0.25, -0.2) is 9.59 Å². The molecule has 3 N–H and O–H groups in total. The summed E-state index contributed by atoms with van der Waals surface area (Å²) in [5.41, 5.74) is -0.247. The van der Waals surface area contributed by atoms with Crippen molar-refractivity contribution >= 4 is 41.2 Å². The maximum atomic E-state index is 13.7. The average Bonchev–Trinajstić information content (AvgIpc) is 3.05. The highest BCUT2D eigenvalue weighted by Crippen LogP contribution is 2.29. The van der Waals surface area contributed by atoms with E-state index in [1.165, 1.54) is 25.2 Å². The van der Waals surface area contributed by atoms with E-state index >= 15 is 0 Å². The molecule has 2 atom stereocenters. The molecule has 0 unspecified atom stereocenters. The first-order chi connectivity index (χ1) is 21.9. The van der Waals surface area contributed by atoms with Gasteiger partial charge >= 0.3 is 17.9 Å². The van der Waals surface area contributed by atoms with Crippen molar-refractivity contribution in [3.8, 4) is 0 Å². The lowest BCUT2D eigenvalue weighted by molar-refractivity contribution is -0.165. The van der Waals surface area contributed by atoms with Crippen LogP contribution in [0.3, 0.4) is 0 Å². The van der Waals surface area contributed by atoms with Crippen LogP contribution in [0.5, 0.6) is 0 Å². The van der Waals surface area contributed by atoms with Crippen molar-refractivity contribution in [2.45, 2.75) is 103 Å². The predicted octanol–water partition coefficient (Wildman–Crippen LogP) is 4.09. The van der Waals surface area contributed by atoms with E-state index < -0.39 is 53.1 Å². The average molecular weight is 642 g/mol. The summed E-state index contributed by atoms with van der Waals surface area (Å²) in [4.78, 5) is 76.4. The molecule has 1 aliphatic carbocycles. The standard InChI is InChI=1S/C34H47N3O9/c1-4-30(41)45-22-34(2,3)31(42)32(43)37-20-9-8-15-26(37)33(44)46-27(18-19-35-24-12-6-5-7-13-24)23-11-10-14-25(21-23)36-28(38)16-17-29(39)40/h4,10-11,14,21,24,26-27,35H,1,5-9,12-13,15-20,22H2,2-3H3,(H,36,38)(H,39,40)/t26-,27+/m0/s1. The lowest BCUT2D eigenvalue weighted by Crippen LogP contribution is -2.53. The number of Topliss-reactive ketones (excluding diaryl/α,β-unsaturated/α-hetero) is 1. The van der Waals surface area contributed by atoms with Crippen LogP contribution in [0.1, 0.15) is 96.1 Å². The highest BCUT2D eigenvalue weighted by Gasteiger charge is 2.42. The van der Waals surface area contributed by atoms with Crippen LogP contribution in [0.2, 0.25) is 0 Å². The molecule has 1 aromatic carbocycles. The summed E-state index contributed by atoms with van der Waals surface area (Å²) < 4.78 is 11.1. The Kier molecular flexibility index (Phi) is 13.9.